The Morgan fingerprint density at radius 2 is 2.00 bits per heavy atom. The molecule has 0 saturated carbocycles. The van der Waals surface area contributed by atoms with Gasteiger partial charge in [0.2, 0.25) is 0 Å². The highest BCUT2D eigenvalue weighted by atomic mass is 16.5. The molecule has 0 unspecified atom stereocenters. The van der Waals surface area contributed by atoms with Gasteiger partial charge in [-0.1, -0.05) is 12.1 Å². The van der Waals surface area contributed by atoms with E-state index in [1.807, 2.05) is 25.1 Å². The van der Waals surface area contributed by atoms with Gasteiger partial charge < -0.3 is 9.84 Å². The summed E-state index contributed by atoms with van der Waals surface area (Å²) in [6.07, 6.45) is 0.577. The fourth-order valence-corrected chi connectivity index (χ4v) is 1.83. The molecule has 0 atom stereocenters. The Morgan fingerprint density at radius 3 is 2.55 bits per heavy atom. The van der Waals surface area contributed by atoms with Crippen molar-refractivity contribution in [1.29, 1.82) is 0 Å². The van der Waals surface area contributed by atoms with Crippen LogP contribution in [0.25, 0.3) is 0 Å². The Bertz CT molecular complexity index is 596. The molecule has 0 fully saturated rings. The lowest BCUT2D eigenvalue weighted by Gasteiger charge is -2.18. The van der Waals surface area contributed by atoms with Crippen LogP contribution in [0.15, 0.2) is 42.6 Å². The number of aryl methyl sites for hydroxylation is 1. The first-order chi connectivity index (χ1) is 9.60. The van der Waals surface area contributed by atoms with E-state index in [0.717, 1.165) is 16.9 Å². The van der Waals surface area contributed by atoms with Gasteiger partial charge in [-0.15, -0.1) is 0 Å². The molecule has 5 heteroatoms. The number of aromatic nitrogens is 1. The standard InChI is InChI=1S/C15H16N2O3/c1-11-7-8-16-14(9-11)17(15(18)19)10-12-3-5-13(20-2)6-4-12/h3-9H,10H2,1-2H3,(H,18,19). The third kappa shape index (κ3) is 3.26. The lowest BCUT2D eigenvalue weighted by atomic mass is 10.2. The second-order valence-electron chi connectivity index (χ2n) is 4.41. The number of hydrogen-bond donors (Lipinski definition) is 1. The molecule has 0 aliphatic rings. The number of amides is 1. The van der Waals surface area contributed by atoms with Crippen LogP contribution < -0.4 is 9.64 Å². The molecule has 20 heavy (non-hydrogen) atoms. The lowest BCUT2D eigenvalue weighted by molar-refractivity contribution is 0.201. The summed E-state index contributed by atoms with van der Waals surface area (Å²) in [4.78, 5) is 16.7. The van der Waals surface area contributed by atoms with E-state index in [2.05, 4.69) is 4.98 Å². The van der Waals surface area contributed by atoms with Gasteiger partial charge in [-0.25, -0.2) is 9.78 Å². The molecule has 1 aromatic carbocycles. The van der Waals surface area contributed by atoms with Crippen molar-refractivity contribution >= 4 is 11.9 Å². The maximum absolute atomic E-state index is 11.4. The molecule has 0 saturated heterocycles. The summed E-state index contributed by atoms with van der Waals surface area (Å²) in [6.45, 7) is 2.15. The fraction of sp³-hybridized carbons (Fsp3) is 0.200. The van der Waals surface area contributed by atoms with Crippen molar-refractivity contribution in [3.8, 4) is 5.75 Å². The van der Waals surface area contributed by atoms with Crippen LogP contribution >= 0.6 is 0 Å². The van der Waals surface area contributed by atoms with Gasteiger partial charge in [0.15, 0.2) is 0 Å². The molecule has 0 aliphatic heterocycles. The van der Waals surface area contributed by atoms with E-state index in [0.29, 0.717) is 5.82 Å². The molecule has 104 valence electrons. The Labute approximate surface area is 117 Å². The quantitative estimate of drug-likeness (QED) is 0.929. The van der Waals surface area contributed by atoms with Gasteiger partial charge in [0.1, 0.15) is 11.6 Å². The summed E-state index contributed by atoms with van der Waals surface area (Å²) in [5.74, 6) is 1.16. The van der Waals surface area contributed by atoms with Crippen molar-refractivity contribution in [2.75, 3.05) is 12.0 Å². The molecule has 2 rings (SSSR count). The molecule has 1 aromatic heterocycles. The average Bonchev–Trinajstić information content (AvgIpc) is 2.45. The summed E-state index contributed by atoms with van der Waals surface area (Å²) in [6, 6.07) is 10.9. The van der Waals surface area contributed by atoms with Crippen molar-refractivity contribution in [3.05, 3.63) is 53.7 Å². The summed E-state index contributed by atoms with van der Waals surface area (Å²) in [5.41, 5.74) is 1.84. The second-order valence-corrected chi connectivity index (χ2v) is 4.41. The molecule has 0 aliphatic carbocycles. The molecule has 5 nitrogen and oxygen atoms in total. The monoisotopic (exact) mass is 272 g/mol. The molecule has 1 amide bonds. The van der Waals surface area contributed by atoms with Gasteiger partial charge in [-0.3, -0.25) is 4.90 Å². The predicted octanol–water partition coefficient (Wildman–Crippen LogP) is 3.08. The van der Waals surface area contributed by atoms with E-state index < -0.39 is 6.09 Å². The van der Waals surface area contributed by atoms with Crippen molar-refractivity contribution in [2.45, 2.75) is 13.5 Å². The SMILES string of the molecule is COc1ccc(CN(C(=O)O)c2cc(C)ccn2)cc1. The van der Waals surface area contributed by atoms with Crippen LogP contribution in [-0.2, 0) is 6.54 Å². The number of pyridine rings is 1. The average molecular weight is 272 g/mol. The fourth-order valence-electron chi connectivity index (χ4n) is 1.83. The number of ether oxygens (including phenoxy) is 1. The van der Waals surface area contributed by atoms with Crippen LogP contribution in [0.2, 0.25) is 0 Å². The molecule has 1 N–H and O–H groups in total. The van der Waals surface area contributed by atoms with Gasteiger partial charge in [-0.2, -0.15) is 0 Å². The highest BCUT2D eigenvalue weighted by Crippen LogP contribution is 2.18. The van der Waals surface area contributed by atoms with Crippen LogP contribution in [0.3, 0.4) is 0 Å². The number of carbonyl (C=O) groups is 1. The zero-order chi connectivity index (χ0) is 14.5. The molecule has 0 spiro atoms. The minimum absolute atomic E-state index is 0.246. The summed E-state index contributed by atoms with van der Waals surface area (Å²) < 4.78 is 5.08. The number of nitrogens with zero attached hydrogens (tertiary/aromatic N) is 2. The number of benzene rings is 1. The van der Waals surface area contributed by atoms with Crippen LogP contribution in [0.4, 0.5) is 10.6 Å². The topological polar surface area (TPSA) is 62.7 Å². The summed E-state index contributed by atoms with van der Waals surface area (Å²) in [7, 11) is 1.59. The van der Waals surface area contributed by atoms with Crippen molar-refractivity contribution in [1.82, 2.24) is 4.98 Å². The number of hydrogen-bond acceptors (Lipinski definition) is 3. The molecular weight excluding hydrogens is 256 g/mol. The van der Waals surface area contributed by atoms with E-state index in [1.165, 1.54) is 4.90 Å². The maximum atomic E-state index is 11.4. The predicted molar refractivity (Wildman–Crippen MR) is 76.2 cm³/mol. The minimum Gasteiger partial charge on any atom is -0.497 e. The summed E-state index contributed by atoms with van der Waals surface area (Å²) in [5, 5.41) is 9.34. The zero-order valence-electron chi connectivity index (χ0n) is 11.4. The van der Waals surface area contributed by atoms with Gasteiger partial charge in [-0.05, 0) is 42.3 Å². The van der Waals surface area contributed by atoms with E-state index >= 15 is 0 Å². The third-order valence-corrected chi connectivity index (χ3v) is 2.91. The normalized spacial score (nSPS) is 10.1. The summed E-state index contributed by atoms with van der Waals surface area (Å²) >= 11 is 0. The van der Waals surface area contributed by atoms with Crippen LogP contribution in [0.5, 0.6) is 5.75 Å². The van der Waals surface area contributed by atoms with E-state index in [1.54, 1.807) is 31.5 Å². The molecule has 0 bridgehead atoms. The van der Waals surface area contributed by atoms with Crippen molar-refractivity contribution in [2.24, 2.45) is 0 Å². The van der Waals surface area contributed by atoms with Gasteiger partial charge >= 0.3 is 6.09 Å². The molecular formula is C15H16N2O3. The highest BCUT2D eigenvalue weighted by Gasteiger charge is 2.16. The Morgan fingerprint density at radius 1 is 1.30 bits per heavy atom. The van der Waals surface area contributed by atoms with E-state index in [9.17, 15) is 9.90 Å². The lowest BCUT2D eigenvalue weighted by Crippen LogP contribution is -2.29. The first kappa shape index (κ1) is 13.9. The Hall–Kier alpha value is -2.56. The van der Waals surface area contributed by atoms with Gasteiger partial charge in [0.25, 0.3) is 0 Å². The molecule has 2 aromatic rings. The Balaban J connectivity index is 2.23. The zero-order valence-corrected chi connectivity index (χ0v) is 11.4. The second kappa shape index (κ2) is 6.06. The van der Waals surface area contributed by atoms with E-state index in [4.69, 9.17) is 4.74 Å². The first-order valence-corrected chi connectivity index (χ1v) is 6.16. The van der Waals surface area contributed by atoms with Crippen LogP contribution in [-0.4, -0.2) is 23.3 Å². The van der Waals surface area contributed by atoms with Crippen molar-refractivity contribution in [3.63, 3.8) is 0 Å². The third-order valence-electron chi connectivity index (χ3n) is 2.91. The van der Waals surface area contributed by atoms with Crippen LogP contribution in [0, 0.1) is 6.92 Å². The van der Waals surface area contributed by atoms with Crippen LogP contribution in [0.1, 0.15) is 11.1 Å². The smallest absolute Gasteiger partial charge is 0.413 e. The van der Waals surface area contributed by atoms with E-state index in [-0.39, 0.29) is 6.54 Å². The van der Waals surface area contributed by atoms with Crippen molar-refractivity contribution < 1.29 is 14.6 Å². The minimum atomic E-state index is -1.03. The molecule has 0 radical (unpaired) electrons. The molecule has 1 heterocycles. The maximum Gasteiger partial charge on any atom is 0.413 e. The van der Waals surface area contributed by atoms with Gasteiger partial charge in [0, 0.05) is 6.20 Å². The highest BCUT2D eigenvalue weighted by molar-refractivity contribution is 5.84. The number of carboxylic acid groups (broad SMARTS) is 1. The number of anilines is 1. The first-order valence-electron chi connectivity index (χ1n) is 6.16. The number of methoxy groups -OCH3 is 1. The number of rotatable bonds is 4. The Kier molecular flexibility index (Phi) is 4.20. The largest absolute Gasteiger partial charge is 0.497 e. The van der Waals surface area contributed by atoms with Gasteiger partial charge in [0.05, 0.1) is 13.7 Å².